The predicted molar refractivity (Wildman–Crippen MR) is 65.1 cm³/mol. The molecule has 0 fully saturated rings. The highest BCUT2D eigenvalue weighted by atomic mass is 16.5. The third-order valence-corrected chi connectivity index (χ3v) is 2.38. The second kappa shape index (κ2) is 5.40. The van der Waals surface area contributed by atoms with Crippen molar-refractivity contribution in [1.29, 1.82) is 0 Å². The first-order chi connectivity index (χ1) is 7.26. The van der Waals surface area contributed by atoms with E-state index in [9.17, 15) is 0 Å². The summed E-state index contributed by atoms with van der Waals surface area (Å²) in [7, 11) is 0. The van der Waals surface area contributed by atoms with Gasteiger partial charge in [0.15, 0.2) is 0 Å². The highest BCUT2D eigenvalue weighted by molar-refractivity contribution is 5.25. The number of rotatable bonds is 6. The van der Waals surface area contributed by atoms with Crippen LogP contribution in [0.4, 0.5) is 0 Å². The van der Waals surface area contributed by atoms with E-state index in [2.05, 4.69) is 20.1 Å². The van der Waals surface area contributed by atoms with Crippen molar-refractivity contribution in [3.8, 4) is 5.75 Å². The van der Waals surface area contributed by atoms with Gasteiger partial charge in [-0.05, 0) is 30.7 Å². The summed E-state index contributed by atoms with van der Waals surface area (Å²) in [5, 5.41) is 0. The van der Waals surface area contributed by atoms with Crippen LogP contribution in [0.15, 0.2) is 55.6 Å². The van der Waals surface area contributed by atoms with Gasteiger partial charge in [0.05, 0.1) is 0 Å². The summed E-state index contributed by atoms with van der Waals surface area (Å²) in [6.45, 7) is 9.77. The number of para-hydroxylation sites is 1. The predicted octanol–water partition coefficient (Wildman–Crippen LogP) is 3.98. The summed E-state index contributed by atoms with van der Waals surface area (Å²) in [5.74, 6) is 0.853. The first kappa shape index (κ1) is 11.6. The molecule has 1 aromatic carbocycles. The molecule has 0 amide bonds. The van der Waals surface area contributed by atoms with E-state index in [0.717, 1.165) is 18.6 Å². The standard InChI is InChI=1S/C14H18O/c1-4-12-14(5-2,6-3)15-13-10-8-7-9-11-13/h5-11H,2-4,12H2,1H3. The van der Waals surface area contributed by atoms with Crippen LogP contribution < -0.4 is 4.74 Å². The van der Waals surface area contributed by atoms with Crippen molar-refractivity contribution in [2.45, 2.75) is 25.4 Å². The quantitative estimate of drug-likeness (QED) is 0.634. The van der Waals surface area contributed by atoms with E-state index < -0.39 is 5.60 Å². The molecule has 1 rings (SSSR count). The molecule has 0 aliphatic carbocycles. The maximum atomic E-state index is 5.90. The van der Waals surface area contributed by atoms with Crippen molar-refractivity contribution in [3.63, 3.8) is 0 Å². The van der Waals surface area contributed by atoms with Crippen molar-refractivity contribution in [1.82, 2.24) is 0 Å². The molecular formula is C14H18O. The molecule has 0 unspecified atom stereocenters. The summed E-state index contributed by atoms with van der Waals surface area (Å²) in [6.07, 6.45) is 5.56. The lowest BCUT2D eigenvalue weighted by atomic mass is 9.98. The van der Waals surface area contributed by atoms with Gasteiger partial charge >= 0.3 is 0 Å². The second-order valence-corrected chi connectivity index (χ2v) is 3.53. The molecule has 0 atom stereocenters. The minimum atomic E-state index is -0.434. The van der Waals surface area contributed by atoms with Crippen molar-refractivity contribution in [3.05, 3.63) is 55.6 Å². The van der Waals surface area contributed by atoms with Crippen LogP contribution in [-0.4, -0.2) is 5.60 Å². The van der Waals surface area contributed by atoms with E-state index in [0.29, 0.717) is 0 Å². The van der Waals surface area contributed by atoms with Gasteiger partial charge in [0.2, 0.25) is 0 Å². The topological polar surface area (TPSA) is 9.23 Å². The molecule has 15 heavy (non-hydrogen) atoms. The Bertz CT molecular complexity index is 305. The van der Waals surface area contributed by atoms with Crippen molar-refractivity contribution < 1.29 is 4.74 Å². The Kier molecular flexibility index (Phi) is 4.17. The zero-order valence-corrected chi connectivity index (χ0v) is 9.28. The lowest BCUT2D eigenvalue weighted by molar-refractivity contribution is 0.160. The van der Waals surface area contributed by atoms with Gasteiger partial charge in [-0.2, -0.15) is 0 Å². The third kappa shape index (κ3) is 2.98. The maximum absolute atomic E-state index is 5.90. The van der Waals surface area contributed by atoms with Gasteiger partial charge in [-0.1, -0.05) is 44.7 Å². The Hall–Kier alpha value is -1.50. The van der Waals surface area contributed by atoms with Gasteiger partial charge in [0.1, 0.15) is 11.4 Å². The number of benzene rings is 1. The van der Waals surface area contributed by atoms with E-state index in [4.69, 9.17) is 4.74 Å². The highest BCUT2D eigenvalue weighted by Crippen LogP contribution is 2.24. The van der Waals surface area contributed by atoms with Crippen LogP contribution in [0.3, 0.4) is 0 Å². The summed E-state index contributed by atoms with van der Waals surface area (Å²) in [4.78, 5) is 0. The van der Waals surface area contributed by atoms with Gasteiger partial charge in [0.25, 0.3) is 0 Å². The normalized spacial score (nSPS) is 10.7. The minimum Gasteiger partial charge on any atom is -0.479 e. The van der Waals surface area contributed by atoms with Crippen LogP contribution in [0.2, 0.25) is 0 Å². The fraction of sp³-hybridized carbons (Fsp3) is 0.286. The summed E-state index contributed by atoms with van der Waals surface area (Å²) < 4.78 is 5.90. The van der Waals surface area contributed by atoms with Gasteiger partial charge in [-0.25, -0.2) is 0 Å². The second-order valence-electron chi connectivity index (χ2n) is 3.53. The van der Waals surface area contributed by atoms with Gasteiger partial charge in [-0.15, -0.1) is 0 Å². The Labute approximate surface area is 92.1 Å². The monoisotopic (exact) mass is 202 g/mol. The van der Waals surface area contributed by atoms with Crippen molar-refractivity contribution in [2.24, 2.45) is 0 Å². The van der Waals surface area contributed by atoms with Gasteiger partial charge in [0, 0.05) is 0 Å². The van der Waals surface area contributed by atoms with E-state index in [1.807, 2.05) is 42.5 Å². The van der Waals surface area contributed by atoms with Crippen LogP contribution >= 0.6 is 0 Å². The van der Waals surface area contributed by atoms with Crippen LogP contribution in [0.1, 0.15) is 19.8 Å². The Morgan fingerprint density at radius 1 is 1.20 bits per heavy atom. The molecule has 0 aliphatic rings. The lowest BCUT2D eigenvalue weighted by Gasteiger charge is -2.27. The fourth-order valence-electron chi connectivity index (χ4n) is 1.52. The number of hydrogen-bond donors (Lipinski definition) is 0. The fourth-order valence-corrected chi connectivity index (χ4v) is 1.52. The Morgan fingerprint density at radius 2 is 1.80 bits per heavy atom. The molecule has 0 bridgehead atoms. The highest BCUT2D eigenvalue weighted by Gasteiger charge is 2.23. The number of ether oxygens (including phenoxy) is 1. The van der Waals surface area contributed by atoms with Gasteiger partial charge < -0.3 is 4.74 Å². The maximum Gasteiger partial charge on any atom is 0.145 e. The Balaban J connectivity index is 2.83. The molecule has 0 N–H and O–H groups in total. The molecule has 0 saturated carbocycles. The molecule has 1 aromatic rings. The van der Waals surface area contributed by atoms with Crippen LogP contribution in [-0.2, 0) is 0 Å². The SMILES string of the molecule is C=CC(C=C)(CCC)Oc1ccccc1. The molecule has 0 aliphatic heterocycles. The summed E-state index contributed by atoms with van der Waals surface area (Å²) in [6, 6.07) is 9.77. The van der Waals surface area contributed by atoms with E-state index in [1.54, 1.807) is 0 Å². The lowest BCUT2D eigenvalue weighted by Crippen LogP contribution is -2.30. The van der Waals surface area contributed by atoms with Crippen LogP contribution in [0.5, 0.6) is 5.75 Å². The minimum absolute atomic E-state index is 0.434. The molecule has 0 radical (unpaired) electrons. The molecule has 0 aromatic heterocycles. The molecule has 1 heteroatoms. The molecule has 80 valence electrons. The molecule has 0 saturated heterocycles. The smallest absolute Gasteiger partial charge is 0.145 e. The first-order valence-electron chi connectivity index (χ1n) is 5.27. The molecule has 0 spiro atoms. The molecule has 1 nitrogen and oxygen atoms in total. The van der Waals surface area contributed by atoms with Crippen molar-refractivity contribution in [2.75, 3.05) is 0 Å². The van der Waals surface area contributed by atoms with E-state index in [-0.39, 0.29) is 0 Å². The van der Waals surface area contributed by atoms with Crippen LogP contribution in [0, 0.1) is 0 Å². The Morgan fingerprint density at radius 3 is 2.27 bits per heavy atom. The van der Waals surface area contributed by atoms with Crippen molar-refractivity contribution >= 4 is 0 Å². The van der Waals surface area contributed by atoms with E-state index >= 15 is 0 Å². The zero-order chi connectivity index (χ0) is 11.1. The van der Waals surface area contributed by atoms with Gasteiger partial charge in [-0.3, -0.25) is 0 Å². The molecule has 0 heterocycles. The van der Waals surface area contributed by atoms with E-state index in [1.165, 1.54) is 0 Å². The molecular weight excluding hydrogens is 184 g/mol. The average Bonchev–Trinajstić information content (AvgIpc) is 2.30. The largest absolute Gasteiger partial charge is 0.479 e. The third-order valence-electron chi connectivity index (χ3n) is 2.38. The summed E-state index contributed by atoms with van der Waals surface area (Å²) >= 11 is 0. The van der Waals surface area contributed by atoms with Crippen LogP contribution in [0.25, 0.3) is 0 Å². The zero-order valence-electron chi connectivity index (χ0n) is 9.28. The first-order valence-corrected chi connectivity index (χ1v) is 5.27. The summed E-state index contributed by atoms with van der Waals surface area (Å²) in [5.41, 5.74) is -0.434. The average molecular weight is 202 g/mol. The number of hydrogen-bond acceptors (Lipinski definition) is 1.